The molecule has 2 aliphatic heterocycles. The molecule has 0 aromatic carbocycles. The first-order valence-corrected chi connectivity index (χ1v) is 9.91. The Morgan fingerprint density at radius 1 is 1.25 bits per heavy atom. The first kappa shape index (κ1) is 23.5. The SMILES string of the molecule is N#Cc1ccc(OC2CN(C3CCOCC3)Cc3ccnn3C2)nc1.O=C(O)C(F)(F)F. The number of hydrogen-bond acceptors (Lipinski definition) is 7. The topological polar surface area (TPSA) is 113 Å². The average molecular weight is 453 g/mol. The Morgan fingerprint density at radius 3 is 2.56 bits per heavy atom. The Labute approximate surface area is 182 Å². The summed E-state index contributed by atoms with van der Waals surface area (Å²) < 4.78 is 45.4. The fourth-order valence-corrected chi connectivity index (χ4v) is 3.53. The third kappa shape index (κ3) is 6.41. The summed E-state index contributed by atoms with van der Waals surface area (Å²) in [5.41, 5.74) is 1.75. The second-order valence-corrected chi connectivity index (χ2v) is 7.32. The van der Waals surface area contributed by atoms with Crippen LogP contribution < -0.4 is 4.74 Å². The molecule has 0 saturated carbocycles. The summed E-state index contributed by atoms with van der Waals surface area (Å²) in [5, 5.41) is 20.5. The van der Waals surface area contributed by atoms with Crippen LogP contribution in [0.3, 0.4) is 0 Å². The van der Waals surface area contributed by atoms with Gasteiger partial charge in [0.15, 0.2) is 0 Å². The third-order valence-electron chi connectivity index (χ3n) is 5.09. The van der Waals surface area contributed by atoms with Crippen molar-refractivity contribution in [2.24, 2.45) is 0 Å². The lowest BCUT2D eigenvalue weighted by molar-refractivity contribution is -0.192. The van der Waals surface area contributed by atoms with Gasteiger partial charge in [-0.2, -0.15) is 23.5 Å². The van der Waals surface area contributed by atoms with Crippen LogP contribution in [0.4, 0.5) is 13.2 Å². The molecule has 1 N–H and O–H groups in total. The molecule has 12 heteroatoms. The molecule has 1 saturated heterocycles. The minimum Gasteiger partial charge on any atom is -0.475 e. The molecule has 0 spiro atoms. The normalized spacial score (nSPS) is 19.6. The molecular formula is C20H22F3N5O4. The molecule has 0 bridgehead atoms. The van der Waals surface area contributed by atoms with E-state index in [0.29, 0.717) is 24.0 Å². The van der Waals surface area contributed by atoms with Gasteiger partial charge in [-0.15, -0.1) is 0 Å². The zero-order valence-corrected chi connectivity index (χ0v) is 17.0. The van der Waals surface area contributed by atoms with E-state index in [0.717, 1.165) is 39.1 Å². The highest BCUT2D eigenvalue weighted by atomic mass is 19.4. The largest absolute Gasteiger partial charge is 0.490 e. The Balaban J connectivity index is 0.000000360. The molecular weight excluding hydrogens is 431 g/mol. The predicted molar refractivity (Wildman–Crippen MR) is 104 cm³/mol. The highest BCUT2D eigenvalue weighted by molar-refractivity contribution is 5.73. The van der Waals surface area contributed by atoms with Crippen molar-refractivity contribution in [3.63, 3.8) is 0 Å². The standard InChI is InChI=1S/C18H21N5O2.C2HF3O2/c19-9-14-1-2-18(20-10-14)25-17-12-22(15-4-7-24-8-5-15)11-16-3-6-21-23(16)13-17;3-2(4,5)1(6)7/h1-3,6,10,15,17H,4-5,7-8,11-13H2;(H,6,7). The summed E-state index contributed by atoms with van der Waals surface area (Å²) in [6.07, 6.45) is 0.373. The van der Waals surface area contributed by atoms with Crippen molar-refractivity contribution in [3.05, 3.63) is 41.9 Å². The van der Waals surface area contributed by atoms with Gasteiger partial charge in [0.2, 0.25) is 5.88 Å². The smallest absolute Gasteiger partial charge is 0.475 e. The van der Waals surface area contributed by atoms with Gasteiger partial charge in [-0.1, -0.05) is 0 Å². The summed E-state index contributed by atoms with van der Waals surface area (Å²) in [4.78, 5) is 15.6. The number of rotatable bonds is 3. The van der Waals surface area contributed by atoms with Gasteiger partial charge in [-0.3, -0.25) is 9.58 Å². The molecule has 2 aromatic rings. The van der Waals surface area contributed by atoms with Crippen molar-refractivity contribution < 1.29 is 32.5 Å². The van der Waals surface area contributed by atoms with Gasteiger partial charge in [-0.25, -0.2) is 9.78 Å². The second kappa shape index (κ2) is 10.4. The lowest BCUT2D eigenvalue weighted by atomic mass is 10.1. The van der Waals surface area contributed by atoms with Gasteiger partial charge >= 0.3 is 12.1 Å². The van der Waals surface area contributed by atoms with Crippen LogP contribution >= 0.6 is 0 Å². The van der Waals surface area contributed by atoms with Gasteiger partial charge in [-0.05, 0) is 25.0 Å². The maximum Gasteiger partial charge on any atom is 0.490 e. The fourth-order valence-electron chi connectivity index (χ4n) is 3.53. The average Bonchev–Trinajstić information content (AvgIpc) is 3.13. The number of carboxylic acid groups (broad SMARTS) is 1. The van der Waals surface area contributed by atoms with Crippen LogP contribution in [-0.4, -0.2) is 68.8 Å². The number of halogens is 3. The van der Waals surface area contributed by atoms with E-state index >= 15 is 0 Å². The van der Waals surface area contributed by atoms with Gasteiger partial charge in [0, 0.05) is 50.8 Å². The molecule has 0 radical (unpaired) electrons. The number of pyridine rings is 1. The van der Waals surface area contributed by atoms with E-state index < -0.39 is 12.1 Å². The number of hydrogen-bond donors (Lipinski definition) is 1. The monoisotopic (exact) mass is 453 g/mol. The molecule has 2 aromatic heterocycles. The molecule has 2 aliphatic rings. The minimum atomic E-state index is -5.08. The molecule has 4 heterocycles. The zero-order valence-electron chi connectivity index (χ0n) is 17.0. The molecule has 0 aliphatic carbocycles. The van der Waals surface area contributed by atoms with Crippen molar-refractivity contribution >= 4 is 5.97 Å². The lowest BCUT2D eigenvalue weighted by Gasteiger charge is -2.34. The van der Waals surface area contributed by atoms with Gasteiger partial charge < -0.3 is 14.6 Å². The minimum absolute atomic E-state index is 0.0376. The molecule has 9 nitrogen and oxygen atoms in total. The van der Waals surface area contributed by atoms with E-state index in [1.54, 1.807) is 18.3 Å². The number of carbonyl (C=O) groups is 1. The van der Waals surface area contributed by atoms with Crippen LogP contribution in [0.2, 0.25) is 0 Å². The second-order valence-electron chi connectivity index (χ2n) is 7.32. The van der Waals surface area contributed by atoms with Crippen LogP contribution in [0.15, 0.2) is 30.6 Å². The van der Waals surface area contributed by atoms with Crippen molar-refractivity contribution in [1.29, 1.82) is 5.26 Å². The van der Waals surface area contributed by atoms with Crippen LogP contribution in [0.25, 0.3) is 0 Å². The highest BCUT2D eigenvalue weighted by Crippen LogP contribution is 2.22. The van der Waals surface area contributed by atoms with E-state index in [1.165, 1.54) is 5.69 Å². The number of ether oxygens (including phenoxy) is 2. The number of nitriles is 1. The van der Waals surface area contributed by atoms with Crippen molar-refractivity contribution in [1.82, 2.24) is 19.7 Å². The van der Waals surface area contributed by atoms with E-state index in [2.05, 4.69) is 27.1 Å². The van der Waals surface area contributed by atoms with Crippen LogP contribution in [0, 0.1) is 11.3 Å². The van der Waals surface area contributed by atoms with Crippen molar-refractivity contribution in [2.75, 3.05) is 19.8 Å². The molecule has 1 atom stereocenters. The maximum absolute atomic E-state index is 10.6. The Kier molecular flexibility index (Phi) is 7.66. The van der Waals surface area contributed by atoms with E-state index in [-0.39, 0.29) is 6.10 Å². The van der Waals surface area contributed by atoms with Gasteiger partial charge in [0.1, 0.15) is 12.2 Å². The Morgan fingerprint density at radius 2 is 1.97 bits per heavy atom. The number of carboxylic acids is 1. The molecule has 0 amide bonds. The fraction of sp³-hybridized carbons (Fsp3) is 0.500. The molecule has 172 valence electrons. The summed E-state index contributed by atoms with van der Waals surface area (Å²) in [6, 6.07) is 8.15. The number of fused-ring (bicyclic) bond motifs is 1. The molecule has 4 rings (SSSR count). The van der Waals surface area contributed by atoms with Crippen molar-refractivity contribution in [3.8, 4) is 11.9 Å². The van der Waals surface area contributed by atoms with E-state index in [9.17, 15) is 13.2 Å². The first-order valence-electron chi connectivity index (χ1n) is 9.91. The van der Waals surface area contributed by atoms with E-state index in [4.69, 9.17) is 24.6 Å². The summed E-state index contributed by atoms with van der Waals surface area (Å²) in [7, 11) is 0. The van der Waals surface area contributed by atoms with Gasteiger partial charge in [0.05, 0.1) is 17.8 Å². The number of aromatic nitrogens is 3. The highest BCUT2D eigenvalue weighted by Gasteiger charge is 2.38. The van der Waals surface area contributed by atoms with Crippen LogP contribution in [0.5, 0.6) is 5.88 Å². The zero-order chi connectivity index (χ0) is 23.1. The van der Waals surface area contributed by atoms with Gasteiger partial charge in [0.25, 0.3) is 0 Å². The number of aliphatic carboxylic acids is 1. The third-order valence-corrected chi connectivity index (χ3v) is 5.09. The quantitative estimate of drug-likeness (QED) is 0.753. The summed E-state index contributed by atoms with van der Waals surface area (Å²) >= 11 is 0. The molecule has 1 unspecified atom stereocenters. The molecule has 1 fully saturated rings. The van der Waals surface area contributed by atoms with Crippen LogP contribution in [-0.2, 0) is 22.6 Å². The summed E-state index contributed by atoms with van der Waals surface area (Å²) in [6.45, 7) is 4.05. The Bertz CT molecular complexity index is 936. The maximum atomic E-state index is 10.6. The van der Waals surface area contributed by atoms with Crippen molar-refractivity contribution in [2.45, 2.75) is 44.3 Å². The number of nitrogens with zero attached hydrogens (tertiary/aromatic N) is 5. The summed E-state index contributed by atoms with van der Waals surface area (Å²) in [5.74, 6) is -2.21. The Hall–Kier alpha value is -3.17. The lowest BCUT2D eigenvalue weighted by Crippen LogP contribution is -2.43. The predicted octanol–water partition coefficient (Wildman–Crippen LogP) is 2.23. The number of alkyl halides is 3. The molecule has 32 heavy (non-hydrogen) atoms. The van der Waals surface area contributed by atoms with E-state index in [1.807, 2.05) is 10.9 Å². The van der Waals surface area contributed by atoms with Crippen LogP contribution in [0.1, 0.15) is 24.1 Å². The first-order chi connectivity index (χ1) is 15.3.